The summed E-state index contributed by atoms with van der Waals surface area (Å²) in [5.74, 6) is 0.516. The largest absolute Gasteiger partial charge is 0.357 e. The van der Waals surface area contributed by atoms with Crippen molar-refractivity contribution in [3.63, 3.8) is 0 Å². The monoisotopic (exact) mass is 393 g/mol. The number of hydrogen-bond acceptors (Lipinski definition) is 4. The lowest BCUT2D eigenvalue weighted by molar-refractivity contribution is 0.0954. The van der Waals surface area contributed by atoms with Crippen LogP contribution in [0.15, 0.2) is 35.5 Å². The van der Waals surface area contributed by atoms with Crippen LogP contribution in [0, 0.1) is 0 Å². The fourth-order valence-electron chi connectivity index (χ4n) is 2.17. The predicted octanol–water partition coefficient (Wildman–Crippen LogP) is 2.84. The van der Waals surface area contributed by atoms with Gasteiger partial charge in [0, 0.05) is 30.7 Å². The standard InChI is InChI=1S/C18H24ClN5OS/c1-3-13-11-23-16(26-13)12-24-18(20-4-2)22-10-9-21-17(25)14-7-5-6-8-15(14)19/h5-8,11H,3-4,9-10,12H2,1-2H3,(H,21,25)(H2,20,22,24). The number of nitrogens with zero attached hydrogens (tertiary/aromatic N) is 2. The Labute approximate surface area is 163 Å². The Hall–Kier alpha value is -2.12. The van der Waals surface area contributed by atoms with Gasteiger partial charge in [-0.1, -0.05) is 30.7 Å². The van der Waals surface area contributed by atoms with E-state index in [9.17, 15) is 4.79 Å². The maximum atomic E-state index is 12.1. The summed E-state index contributed by atoms with van der Waals surface area (Å²) in [6.45, 7) is 6.44. The second-order valence-electron chi connectivity index (χ2n) is 5.43. The van der Waals surface area contributed by atoms with Gasteiger partial charge in [-0.25, -0.2) is 9.98 Å². The van der Waals surface area contributed by atoms with Gasteiger partial charge in [0.1, 0.15) is 5.01 Å². The minimum Gasteiger partial charge on any atom is -0.357 e. The van der Waals surface area contributed by atoms with Gasteiger partial charge in [-0.05, 0) is 25.5 Å². The number of halogens is 1. The summed E-state index contributed by atoms with van der Waals surface area (Å²) in [5.41, 5.74) is 0.477. The van der Waals surface area contributed by atoms with Crippen molar-refractivity contribution in [1.29, 1.82) is 0 Å². The van der Waals surface area contributed by atoms with Crippen molar-refractivity contribution in [3.8, 4) is 0 Å². The Morgan fingerprint density at radius 1 is 1.19 bits per heavy atom. The van der Waals surface area contributed by atoms with Gasteiger partial charge in [0.05, 0.1) is 17.1 Å². The molecule has 3 N–H and O–H groups in total. The molecule has 0 spiro atoms. The minimum absolute atomic E-state index is 0.186. The molecule has 1 aromatic heterocycles. The molecule has 0 unspecified atom stereocenters. The van der Waals surface area contributed by atoms with Gasteiger partial charge in [-0.3, -0.25) is 4.79 Å². The van der Waals surface area contributed by atoms with Crippen molar-refractivity contribution >= 4 is 34.8 Å². The van der Waals surface area contributed by atoms with Gasteiger partial charge in [0.2, 0.25) is 0 Å². The van der Waals surface area contributed by atoms with Gasteiger partial charge < -0.3 is 16.0 Å². The number of carbonyl (C=O) groups is 1. The first-order valence-corrected chi connectivity index (χ1v) is 9.82. The number of hydrogen-bond donors (Lipinski definition) is 3. The summed E-state index contributed by atoms with van der Waals surface area (Å²) < 4.78 is 0. The normalized spacial score (nSPS) is 11.3. The molecule has 0 atom stereocenters. The van der Waals surface area contributed by atoms with Crippen LogP contribution in [0.3, 0.4) is 0 Å². The molecule has 0 aliphatic heterocycles. The zero-order valence-corrected chi connectivity index (χ0v) is 16.6. The number of thiazole rings is 1. The maximum absolute atomic E-state index is 12.1. The number of aryl methyl sites for hydroxylation is 1. The fraction of sp³-hybridized carbons (Fsp3) is 0.389. The highest BCUT2D eigenvalue weighted by atomic mass is 35.5. The number of aromatic nitrogens is 1. The summed E-state index contributed by atoms with van der Waals surface area (Å²) >= 11 is 7.71. The molecule has 1 amide bonds. The van der Waals surface area contributed by atoms with E-state index in [1.807, 2.05) is 13.1 Å². The lowest BCUT2D eigenvalue weighted by atomic mass is 10.2. The zero-order valence-electron chi connectivity index (χ0n) is 15.0. The van der Waals surface area contributed by atoms with Gasteiger partial charge in [0.25, 0.3) is 5.91 Å². The molecule has 1 aromatic carbocycles. The molecule has 8 heteroatoms. The van der Waals surface area contributed by atoms with Crippen LogP contribution in [0.4, 0.5) is 0 Å². The van der Waals surface area contributed by atoms with E-state index in [1.54, 1.807) is 35.6 Å². The van der Waals surface area contributed by atoms with E-state index in [1.165, 1.54) is 4.88 Å². The first-order chi connectivity index (χ1) is 12.6. The van der Waals surface area contributed by atoms with Crippen molar-refractivity contribution in [2.45, 2.75) is 26.8 Å². The fourth-order valence-corrected chi connectivity index (χ4v) is 3.18. The molecule has 0 aliphatic carbocycles. The highest BCUT2D eigenvalue weighted by Crippen LogP contribution is 2.14. The number of benzene rings is 1. The van der Waals surface area contributed by atoms with E-state index in [-0.39, 0.29) is 5.91 Å². The first kappa shape index (κ1) is 20.2. The van der Waals surface area contributed by atoms with Crippen LogP contribution >= 0.6 is 22.9 Å². The molecule has 2 aromatic rings. The summed E-state index contributed by atoms with van der Waals surface area (Å²) in [7, 11) is 0. The predicted molar refractivity (Wildman–Crippen MR) is 108 cm³/mol. The SMILES string of the molecule is CCNC(=NCc1ncc(CC)s1)NCCNC(=O)c1ccccc1Cl. The lowest BCUT2D eigenvalue weighted by Crippen LogP contribution is -2.41. The smallest absolute Gasteiger partial charge is 0.252 e. The third-order valence-electron chi connectivity index (χ3n) is 3.49. The summed E-state index contributed by atoms with van der Waals surface area (Å²) in [6.07, 6.45) is 2.89. The molecule has 0 bridgehead atoms. The quantitative estimate of drug-likeness (QED) is 0.366. The molecule has 0 saturated carbocycles. The Morgan fingerprint density at radius 3 is 2.65 bits per heavy atom. The molecule has 0 fully saturated rings. The molecule has 0 aliphatic rings. The topological polar surface area (TPSA) is 78.4 Å². The van der Waals surface area contributed by atoms with E-state index in [0.717, 1.165) is 18.0 Å². The van der Waals surface area contributed by atoms with Crippen molar-refractivity contribution in [2.24, 2.45) is 4.99 Å². The molecule has 0 saturated heterocycles. The van der Waals surface area contributed by atoms with Crippen LogP contribution < -0.4 is 16.0 Å². The Morgan fingerprint density at radius 2 is 1.96 bits per heavy atom. The molecule has 26 heavy (non-hydrogen) atoms. The molecular weight excluding hydrogens is 370 g/mol. The first-order valence-electron chi connectivity index (χ1n) is 8.62. The Kier molecular flexibility index (Phi) is 8.37. The average Bonchev–Trinajstić information content (AvgIpc) is 3.11. The van der Waals surface area contributed by atoms with E-state index < -0.39 is 0 Å². The molecular formula is C18H24ClN5OS. The minimum atomic E-state index is -0.186. The third kappa shape index (κ3) is 6.31. The number of aliphatic imine (C=N–C) groups is 1. The maximum Gasteiger partial charge on any atom is 0.252 e. The van der Waals surface area contributed by atoms with E-state index in [2.05, 4.69) is 32.9 Å². The second-order valence-corrected chi connectivity index (χ2v) is 7.04. The van der Waals surface area contributed by atoms with Crippen molar-refractivity contribution in [3.05, 3.63) is 50.9 Å². The van der Waals surface area contributed by atoms with Crippen molar-refractivity contribution in [1.82, 2.24) is 20.9 Å². The summed E-state index contributed by atoms with van der Waals surface area (Å²) in [6, 6.07) is 6.99. The Balaban J connectivity index is 1.79. The molecule has 2 rings (SSSR count). The van der Waals surface area contributed by atoms with Crippen molar-refractivity contribution < 1.29 is 4.79 Å². The van der Waals surface area contributed by atoms with Crippen LogP contribution in [0.5, 0.6) is 0 Å². The van der Waals surface area contributed by atoms with E-state index in [4.69, 9.17) is 11.6 Å². The van der Waals surface area contributed by atoms with Gasteiger partial charge in [-0.15, -0.1) is 11.3 Å². The number of rotatable bonds is 8. The van der Waals surface area contributed by atoms with Crippen LogP contribution in [0.25, 0.3) is 0 Å². The summed E-state index contributed by atoms with van der Waals surface area (Å²) in [4.78, 5) is 22.3. The van der Waals surface area contributed by atoms with Crippen LogP contribution in [-0.4, -0.2) is 36.5 Å². The highest BCUT2D eigenvalue weighted by Gasteiger charge is 2.08. The lowest BCUT2D eigenvalue weighted by Gasteiger charge is -2.12. The number of carbonyl (C=O) groups excluding carboxylic acids is 1. The highest BCUT2D eigenvalue weighted by molar-refractivity contribution is 7.11. The average molecular weight is 394 g/mol. The van der Waals surface area contributed by atoms with Crippen molar-refractivity contribution in [2.75, 3.05) is 19.6 Å². The van der Waals surface area contributed by atoms with Crippen LogP contribution in [0.1, 0.15) is 34.1 Å². The van der Waals surface area contributed by atoms with Gasteiger partial charge >= 0.3 is 0 Å². The third-order valence-corrected chi connectivity index (χ3v) is 4.94. The van der Waals surface area contributed by atoms with Crippen LogP contribution in [-0.2, 0) is 13.0 Å². The van der Waals surface area contributed by atoms with E-state index >= 15 is 0 Å². The molecule has 140 valence electrons. The number of amides is 1. The molecule has 6 nitrogen and oxygen atoms in total. The van der Waals surface area contributed by atoms with Gasteiger partial charge in [0.15, 0.2) is 5.96 Å². The molecule has 1 heterocycles. The number of nitrogens with one attached hydrogen (secondary N) is 3. The second kappa shape index (κ2) is 10.8. The Bertz CT molecular complexity index is 747. The van der Waals surface area contributed by atoms with E-state index in [0.29, 0.717) is 36.2 Å². The van der Waals surface area contributed by atoms with Gasteiger partial charge in [-0.2, -0.15) is 0 Å². The molecule has 0 radical (unpaired) electrons. The van der Waals surface area contributed by atoms with Crippen LogP contribution in [0.2, 0.25) is 5.02 Å². The zero-order chi connectivity index (χ0) is 18.8. The number of guanidine groups is 1. The summed E-state index contributed by atoms with van der Waals surface area (Å²) in [5, 5.41) is 10.7.